The fraction of sp³-hybridized carbons (Fsp3) is 0.667. The second kappa shape index (κ2) is 43.5. The molecule has 0 aliphatic carbocycles. The minimum absolute atomic E-state index is 1.25. The molecule has 0 spiro atoms. The van der Waals surface area contributed by atoms with Crippen LogP contribution in [-0.2, 0) is 0 Å². The van der Waals surface area contributed by atoms with E-state index in [1.54, 1.807) is 0 Å². The zero-order valence-corrected chi connectivity index (χ0v) is 15.8. The van der Waals surface area contributed by atoms with Gasteiger partial charge in [-0.2, -0.15) is 0 Å². The molecule has 1 aromatic carbocycles. The van der Waals surface area contributed by atoms with E-state index in [0.717, 1.165) is 0 Å². The first-order valence-electron chi connectivity index (χ1n) is 8.03. The quantitative estimate of drug-likeness (QED) is 0.538. The van der Waals surface area contributed by atoms with Gasteiger partial charge in [-0.05, 0) is 12.1 Å². The van der Waals surface area contributed by atoms with Crippen molar-refractivity contribution in [1.82, 2.24) is 0 Å². The van der Waals surface area contributed by atoms with Gasteiger partial charge >= 0.3 is 0 Å². The van der Waals surface area contributed by atoms with Gasteiger partial charge in [0.1, 0.15) is 0 Å². The van der Waals surface area contributed by atoms with Crippen molar-refractivity contribution >= 4 is 5.69 Å². The van der Waals surface area contributed by atoms with Gasteiger partial charge in [-0.15, -0.1) is 0 Å². The summed E-state index contributed by atoms with van der Waals surface area (Å²) in [6.45, 7) is 20.0. The lowest BCUT2D eigenvalue weighted by atomic mass is 10.3. The largest absolute Gasteiger partial charge is 0.378 e. The lowest BCUT2D eigenvalue weighted by Crippen LogP contribution is -2.07. The number of benzene rings is 1. The van der Waals surface area contributed by atoms with Gasteiger partial charge in [0.15, 0.2) is 0 Å². The normalized spacial score (nSPS) is 5.89. The van der Waals surface area contributed by atoms with Gasteiger partial charge in [-0.1, -0.05) is 87.4 Å². The molecule has 1 aromatic rings. The van der Waals surface area contributed by atoms with Crippen LogP contribution in [0.2, 0.25) is 0 Å². The van der Waals surface area contributed by atoms with Gasteiger partial charge in [0.25, 0.3) is 0 Å². The van der Waals surface area contributed by atoms with E-state index in [1.165, 1.54) is 5.69 Å². The van der Waals surface area contributed by atoms with E-state index < -0.39 is 0 Å². The zero-order chi connectivity index (χ0) is 16.7. The molecule has 0 fully saturated rings. The van der Waals surface area contributed by atoms with Crippen LogP contribution < -0.4 is 4.90 Å². The van der Waals surface area contributed by atoms with Crippen molar-refractivity contribution in [2.24, 2.45) is 0 Å². The smallest absolute Gasteiger partial charge is 0.0360 e. The predicted octanol–water partition coefficient (Wildman–Crippen LogP) is 6.88. The van der Waals surface area contributed by atoms with Crippen molar-refractivity contribution in [3.63, 3.8) is 0 Å². The third-order valence-electron chi connectivity index (χ3n) is 1.27. The maximum Gasteiger partial charge on any atom is 0.0360 e. The molecule has 0 bridgehead atoms. The first-order valence-corrected chi connectivity index (χ1v) is 8.03. The zero-order valence-electron chi connectivity index (χ0n) is 15.8. The standard InChI is InChI=1S/C8H11N.5C2H6/c1-9(2)8-6-4-3-5-7-8;5*1-2/h3-7H,1-2H3;5*1-2H3. The second-order valence-electron chi connectivity index (χ2n) is 2.23. The lowest BCUT2D eigenvalue weighted by Gasteiger charge is -2.10. The van der Waals surface area contributed by atoms with Crippen molar-refractivity contribution in [1.29, 1.82) is 0 Å². The van der Waals surface area contributed by atoms with Gasteiger partial charge in [0, 0.05) is 19.8 Å². The Morgan fingerprint density at radius 3 is 0.947 bits per heavy atom. The highest BCUT2D eigenvalue weighted by molar-refractivity contribution is 5.43. The Hall–Kier alpha value is -0.980. The Balaban J connectivity index is -0.0000000557. The minimum atomic E-state index is 1.25. The fourth-order valence-electron chi connectivity index (χ4n) is 0.726. The van der Waals surface area contributed by atoms with Crippen LogP contribution in [0.5, 0.6) is 0 Å². The summed E-state index contributed by atoms with van der Waals surface area (Å²) in [5, 5.41) is 0. The molecule has 0 atom stereocenters. The van der Waals surface area contributed by atoms with E-state index in [2.05, 4.69) is 17.0 Å². The van der Waals surface area contributed by atoms with Crippen LogP contribution in [-0.4, -0.2) is 14.1 Å². The predicted molar refractivity (Wildman–Crippen MR) is 97.5 cm³/mol. The minimum Gasteiger partial charge on any atom is -0.378 e. The summed E-state index contributed by atoms with van der Waals surface area (Å²) in [6.07, 6.45) is 0. The molecule has 19 heavy (non-hydrogen) atoms. The average molecular weight is 272 g/mol. The highest BCUT2D eigenvalue weighted by Crippen LogP contribution is 2.07. The maximum atomic E-state index is 2.08. The van der Waals surface area contributed by atoms with Crippen LogP contribution in [0, 0.1) is 0 Å². The van der Waals surface area contributed by atoms with Crippen molar-refractivity contribution in [2.75, 3.05) is 19.0 Å². The molecular formula is C18H41N. The summed E-state index contributed by atoms with van der Waals surface area (Å²) in [5.41, 5.74) is 1.25. The molecule has 1 heteroatoms. The van der Waals surface area contributed by atoms with Crippen LogP contribution in [0.1, 0.15) is 69.2 Å². The van der Waals surface area contributed by atoms with Gasteiger partial charge < -0.3 is 4.90 Å². The Morgan fingerprint density at radius 2 is 0.789 bits per heavy atom. The summed E-state index contributed by atoms with van der Waals surface area (Å²) in [5.74, 6) is 0. The van der Waals surface area contributed by atoms with E-state index in [9.17, 15) is 0 Å². The molecule has 0 N–H and O–H groups in total. The van der Waals surface area contributed by atoms with Crippen LogP contribution in [0.25, 0.3) is 0 Å². The van der Waals surface area contributed by atoms with Crippen LogP contribution >= 0.6 is 0 Å². The summed E-state index contributed by atoms with van der Waals surface area (Å²) < 4.78 is 0. The molecule has 0 radical (unpaired) electrons. The third-order valence-corrected chi connectivity index (χ3v) is 1.27. The van der Waals surface area contributed by atoms with Crippen LogP contribution in [0.3, 0.4) is 0 Å². The summed E-state index contributed by atoms with van der Waals surface area (Å²) in [7, 11) is 4.07. The van der Waals surface area contributed by atoms with E-state index in [1.807, 2.05) is 102 Å². The molecule has 0 heterocycles. The SMILES string of the molecule is CC.CC.CC.CC.CC.CN(C)c1ccccc1. The average Bonchev–Trinajstić information content (AvgIpc) is 2.57. The van der Waals surface area contributed by atoms with Crippen LogP contribution in [0.15, 0.2) is 30.3 Å². The summed E-state index contributed by atoms with van der Waals surface area (Å²) >= 11 is 0. The van der Waals surface area contributed by atoms with E-state index >= 15 is 0 Å². The van der Waals surface area contributed by atoms with Gasteiger partial charge in [0.2, 0.25) is 0 Å². The Morgan fingerprint density at radius 1 is 0.526 bits per heavy atom. The van der Waals surface area contributed by atoms with Gasteiger partial charge in [-0.3, -0.25) is 0 Å². The molecule has 0 aliphatic rings. The Labute approximate surface area is 125 Å². The fourth-order valence-corrected chi connectivity index (χ4v) is 0.726. The van der Waals surface area contributed by atoms with E-state index in [4.69, 9.17) is 0 Å². The molecule has 0 unspecified atom stereocenters. The number of hydrogen-bond donors (Lipinski definition) is 0. The molecule has 0 amide bonds. The van der Waals surface area contributed by atoms with E-state index in [-0.39, 0.29) is 0 Å². The molecule has 0 saturated carbocycles. The topological polar surface area (TPSA) is 3.24 Å². The summed E-state index contributed by atoms with van der Waals surface area (Å²) in [4.78, 5) is 2.08. The number of hydrogen-bond acceptors (Lipinski definition) is 1. The molecule has 0 aromatic heterocycles. The second-order valence-corrected chi connectivity index (χ2v) is 2.23. The molecule has 0 saturated heterocycles. The van der Waals surface area contributed by atoms with Crippen molar-refractivity contribution in [3.8, 4) is 0 Å². The Kier molecular flexibility index (Phi) is 70.5. The highest BCUT2D eigenvalue weighted by Gasteiger charge is 1.87. The monoisotopic (exact) mass is 271 g/mol. The lowest BCUT2D eigenvalue weighted by molar-refractivity contribution is 1.13. The number of para-hydroxylation sites is 1. The number of rotatable bonds is 1. The van der Waals surface area contributed by atoms with Crippen molar-refractivity contribution in [3.05, 3.63) is 30.3 Å². The van der Waals surface area contributed by atoms with Crippen molar-refractivity contribution < 1.29 is 0 Å². The highest BCUT2D eigenvalue weighted by atomic mass is 15.1. The molecule has 1 rings (SSSR count). The maximum absolute atomic E-state index is 2.08. The molecule has 0 aliphatic heterocycles. The van der Waals surface area contributed by atoms with Gasteiger partial charge in [0.05, 0.1) is 0 Å². The van der Waals surface area contributed by atoms with Crippen molar-refractivity contribution in [2.45, 2.75) is 69.2 Å². The Bertz CT molecular complexity index is 168. The first-order chi connectivity index (χ1) is 9.30. The molecular weight excluding hydrogens is 230 g/mol. The number of anilines is 1. The third kappa shape index (κ3) is 31.6. The van der Waals surface area contributed by atoms with Gasteiger partial charge in [-0.25, -0.2) is 0 Å². The number of nitrogens with zero attached hydrogens (tertiary/aromatic N) is 1. The first kappa shape index (κ1) is 30.8. The molecule has 1 nitrogen and oxygen atoms in total. The van der Waals surface area contributed by atoms with E-state index in [0.29, 0.717) is 0 Å². The van der Waals surface area contributed by atoms with Crippen LogP contribution in [0.4, 0.5) is 5.69 Å². The summed E-state index contributed by atoms with van der Waals surface area (Å²) in [6, 6.07) is 10.3. The molecule has 118 valence electrons.